The molecule has 0 aromatic heterocycles. The third-order valence-corrected chi connectivity index (χ3v) is 2.58. The van der Waals surface area contributed by atoms with Crippen molar-refractivity contribution in [1.82, 2.24) is 4.90 Å². The third kappa shape index (κ3) is 4.85. The minimum absolute atomic E-state index is 0.108. The molecule has 1 aromatic carbocycles. The van der Waals surface area contributed by atoms with E-state index in [-0.39, 0.29) is 5.78 Å². The first-order chi connectivity index (χ1) is 8.67. The number of rotatable bonds is 8. The number of methoxy groups -OCH3 is 1. The van der Waals surface area contributed by atoms with Gasteiger partial charge in [-0.25, -0.2) is 0 Å². The van der Waals surface area contributed by atoms with E-state index in [2.05, 4.69) is 0 Å². The van der Waals surface area contributed by atoms with Crippen LogP contribution in [0.15, 0.2) is 24.3 Å². The lowest BCUT2D eigenvalue weighted by atomic mass is 10.1. The highest BCUT2D eigenvalue weighted by Gasteiger charge is 2.09. The summed E-state index contributed by atoms with van der Waals surface area (Å²) in [5.41, 5.74) is 0.711. The smallest absolute Gasteiger partial charge is 0.176 e. The van der Waals surface area contributed by atoms with Crippen molar-refractivity contribution >= 4 is 5.78 Å². The summed E-state index contributed by atoms with van der Waals surface area (Å²) in [6.07, 6.45) is 0. The Bertz CT molecular complexity index is 362. The summed E-state index contributed by atoms with van der Waals surface area (Å²) >= 11 is 0. The maximum absolute atomic E-state index is 12.0. The zero-order valence-corrected chi connectivity index (χ0v) is 11.3. The van der Waals surface area contributed by atoms with E-state index in [9.17, 15) is 4.79 Å². The summed E-state index contributed by atoms with van der Waals surface area (Å²) in [4.78, 5) is 13.9. The normalized spacial score (nSPS) is 10.7. The number of benzene rings is 1. The highest BCUT2D eigenvalue weighted by molar-refractivity contribution is 5.97. The van der Waals surface area contributed by atoms with Gasteiger partial charge in [-0.3, -0.25) is 9.69 Å². The van der Waals surface area contributed by atoms with Gasteiger partial charge in [0.1, 0.15) is 5.75 Å². The van der Waals surface area contributed by atoms with Gasteiger partial charge in [0.05, 0.1) is 19.8 Å². The molecule has 0 aliphatic carbocycles. The molecule has 0 spiro atoms. The molecule has 0 atom stereocenters. The van der Waals surface area contributed by atoms with Crippen LogP contribution in [0.4, 0.5) is 0 Å². The number of likely N-dealkylation sites (N-methyl/N-ethyl adjacent to an activating group) is 1. The van der Waals surface area contributed by atoms with Crippen molar-refractivity contribution < 1.29 is 14.3 Å². The number of hydrogen-bond donors (Lipinski definition) is 0. The lowest BCUT2D eigenvalue weighted by Crippen LogP contribution is -2.29. The number of hydrogen-bond acceptors (Lipinski definition) is 4. The molecule has 4 nitrogen and oxygen atoms in total. The van der Waals surface area contributed by atoms with Gasteiger partial charge in [0.2, 0.25) is 0 Å². The van der Waals surface area contributed by atoms with Crippen molar-refractivity contribution in [2.75, 3.05) is 40.5 Å². The van der Waals surface area contributed by atoms with Crippen LogP contribution >= 0.6 is 0 Å². The highest BCUT2D eigenvalue weighted by Crippen LogP contribution is 2.12. The zero-order chi connectivity index (χ0) is 13.4. The zero-order valence-electron chi connectivity index (χ0n) is 11.3. The first kappa shape index (κ1) is 14.7. The average molecular weight is 251 g/mol. The molecule has 1 aromatic rings. The maximum atomic E-state index is 12.0. The average Bonchev–Trinajstić information content (AvgIpc) is 2.37. The second kappa shape index (κ2) is 7.84. The molecule has 0 heterocycles. The minimum atomic E-state index is 0.108. The summed E-state index contributed by atoms with van der Waals surface area (Å²) in [5.74, 6) is 0.901. The summed E-state index contributed by atoms with van der Waals surface area (Å²) in [5, 5.41) is 0. The molecular formula is C14H21NO3. The molecule has 18 heavy (non-hydrogen) atoms. The van der Waals surface area contributed by atoms with Crippen LogP contribution in [0.25, 0.3) is 0 Å². The Labute approximate surface area is 108 Å². The molecule has 1 rings (SSSR count). The lowest BCUT2D eigenvalue weighted by Gasteiger charge is -2.15. The summed E-state index contributed by atoms with van der Waals surface area (Å²) < 4.78 is 10.3. The lowest BCUT2D eigenvalue weighted by molar-refractivity contribution is 0.0922. The third-order valence-electron chi connectivity index (χ3n) is 2.58. The van der Waals surface area contributed by atoms with Crippen molar-refractivity contribution in [2.24, 2.45) is 0 Å². The molecule has 0 unspecified atom stereocenters. The monoisotopic (exact) mass is 251 g/mol. The molecule has 0 saturated carbocycles. The van der Waals surface area contributed by atoms with Gasteiger partial charge < -0.3 is 9.47 Å². The Kier molecular flexibility index (Phi) is 6.39. The molecule has 0 fully saturated rings. The first-order valence-electron chi connectivity index (χ1n) is 6.11. The largest absolute Gasteiger partial charge is 0.494 e. The van der Waals surface area contributed by atoms with Gasteiger partial charge in [-0.05, 0) is 38.2 Å². The van der Waals surface area contributed by atoms with Crippen molar-refractivity contribution in [3.63, 3.8) is 0 Å². The van der Waals surface area contributed by atoms with E-state index in [1.807, 2.05) is 31.0 Å². The van der Waals surface area contributed by atoms with Crippen LogP contribution in [0.2, 0.25) is 0 Å². The van der Waals surface area contributed by atoms with Gasteiger partial charge in [0.15, 0.2) is 5.78 Å². The summed E-state index contributed by atoms with van der Waals surface area (Å²) in [6.45, 7) is 4.35. The molecule has 0 aliphatic rings. The minimum Gasteiger partial charge on any atom is -0.494 e. The predicted octanol–water partition coefficient (Wildman–Crippen LogP) is 1.85. The molecule has 0 aliphatic heterocycles. The van der Waals surface area contributed by atoms with Gasteiger partial charge >= 0.3 is 0 Å². The number of carbonyl (C=O) groups is 1. The van der Waals surface area contributed by atoms with E-state index in [0.717, 1.165) is 12.3 Å². The summed E-state index contributed by atoms with van der Waals surface area (Å²) in [7, 11) is 3.56. The number of ketones is 1. The van der Waals surface area contributed by atoms with Crippen LogP contribution in [-0.2, 0) is 4.74 Å². The Morgan fingerprint density at radius 2 is 1.94 bits per heavy atom. The SMILES string of the molecule is CCOc1ccc(C(=O)CN(C)CCOC)cc1. The Hall–Kier alpha value is -1.39. The molecule has 0 amide bonds. The fourth-order valence-corrected chi connectivity index (χ4v) is 1.57. The summed E-state index contributed by atoms with van der Waals surface area (Å²) in [6, 6.07) is 7.26. The molecule has 100 valence electrons. The predicted molar refractivity (Wildman–Crippen MR) is 71.3 cm³/mol. The van der Waals surface area contributed by atoms with E-state index in [1.54, 1.807) is 19.2 Å². The van der Waals surface area contributed by atoms with E-state index in [4.69, 9.17) is 9.47 Å². The Morgan fingerprint density at radius 3 is 2.50 bits per heavy atom. The van der Waals surface area contributed by atoms with Crippen LogP contribution < -0.4 is 4.74 Å². The van der Waals surface area contributed by atoms with Crippen LogP contribution in [0.1, 0.15) is 17.3 Å². The topological polar surface area (TPSA) is 38.8 Å². The van der Waals surface area contributed by atoms with E-state index in [1.165, 1.54) is 0 Å². The molecule has 0 saturated heterocycles. The Morgan fingerprint density at radius 1 is 1.28 bits per heavy atom. The number of nitrogens with zero attached hydrogens (tertiary/aromatic N) is 1. The van der Waals surface area contributed by atoms with Gasteiger partial charge in [-0.2, -0.15) is 0 Å². The van der Waals surface area contributed by atoms with E-state index >= 15 is 0 Å². The standard InChI is InChI=1S/C14H21NO3/c1-4-18-13-7-5-12(6-8-13)14(16)11-15(2)9-10-17-3/h5-8H,4,9-11H2,1-3H3. The van der Waals surface area contributed by atoms with Crippen molar-refractivity contribution in [3.05, 3.63) is 29.8 Å². The number of Topliss-reactive ketones (excluding diaryl/α,β-unsaturated/α-hetero) is 1. The first-order valence-corrected chi connectivity index (χ1v) is 6.11. The van der Waals surface area contributed by atoms with E-state index in [0.29, 0.717) is 25.3 Å². The Balaban J connectivity index is 2.50. The maximum Gasteiger partial charge on any atom is 0.176 e. The van der Waals surface area contributed by atoms with Crippen molar-refractivity contribution in [3.8, 4) is 5.75 Å². The fourth-order valence-electron chi connectivity index (χ4n) is 1.57. The second-order valence-corrected chi connectivity index (χ2v) is 4.11. The number of ether oxygens (including phenoxy) is 2. The van der Waals surface area contributed by atoms with E-state index < -0.39 is 0 Å². The molecule has 0 bridgehead atoms. The highest BCUT2D eigenvalue weighted by atomic mass is 16.5. The fraction of sp³-hybridized carbons (Fsp3) is 0.500. The van der Waals surface area contributed by atoms with Crippen LogP contribution in [0.3, 0.4) is 0 Å². The molecule has 4 heteroatoms. The van der Waals surface area contributed by atoms with Crippen LogP contribution in [-0.4, -0.2) is 51.1 Å². The van der Waals surface area contributed by atoms with Gasteiger partial charge in [-0.15, -0.1) is 0 Å². The second-order valence-electron chi connectivity index (χ2n) is 4.11. The van der Waals surface area contributed by atoms with Crippen LogP contribution in [0, 0.1) is 0 Å². The molecule has 0 radical (unpaired) electrons. The van der Waals surface area contributed by atoms with Crippen molar-refractivity contribution in [1.29, 1.82) is 0 Å². The van der Waals surface area contributed by atoms with Gasteiger partial charge in [0.25, 0.3) is 0 Å². The van der Waals surface area contributed by atoms with Gasteiger partial charge in [0, 0.05) is 19.2 Å². The van der Waals surface area contributed by atoms with Crippen molar-refractivity contribution in [2.45, 2.75) is 6.92 Å². The van der Waals surface area contributed by atoms with Crippen LogP contribution in [0.5, 0.6) is 5.75 Å². The van der Waals surface area contributed by atoms with Gasteiger partial charge in [-0.1, -0.05) is 0 Å². The number of carbonyl (C=O) groups excluding carboxylic acids is 1. The quantitative estimate of drug-likeness (QED) is 0.661. The molecular weight excluding hydrogens is 230 g/mol. The molecule has 0 N–H and O–H groups in total.